The molecule has 1 fully saturated rings. The minimum atomic E-state index is -0.558. The van der Waals surface area contributed by atoms with Gasteiger partial charge in [0.05, 0.1) is 24.0 Å². The molecule has 0 saturated carbocycles. The second kappa shape index (κ2) is 5.54. The zero-order chi connectivity index (χ0) is 13.0. The van der Waals surface area contributed by atoms with Gasteiger partial charge in [0.2, 0.25) is 0 Å². The van der Waals surface area contributed by atoms with Crippen molar-refractivity contribution in [3.63, 3.8) is 0 Å². The number of hydrogen-bond donors (Lipinski definition) is 2. The normalized spacial score (nSPS) is 18.6. The summed E-state index contributed by atoms with van der Waals surface area (Å²) < 4.78 is 10.5. The maximum absolute atomic E-state index is 12.2. The first-order valence-corrected chi connectivity index (χ1v) is 6.28. The summed E-state index contributed by atoms with van der Waals surface area (Å²) in [5.74, 6) is 0.490. The Kier molecular flexibility index (Phi) is 4.04. The number of nitrogens with one attached hydrogen (secondary N) is 1. The Balaban J connectivity index is 2.10. The van der Waals surface area contributed by atoms with Gasteiger partial charge in [-0.15, -0.1) is 0 Å². The molecule has 2 rings (SSSR count). The van der Waals surface area contributed by atoms with Crippen LogP contribution < -0.4 is 5.32 Å². The van der Waals surface area contributed by atoms with Gasteiger partial charge in [0.25, 0.3) is 5.91 Å². The molecule has 0 radical (unpaired) electrons. The van der Waals surface area contributed by atoms with Crippen molar-refractivity contribution in [3.8, 4) is 0 Å². The van der Waals surface area contributed by atoms with Gasteiger partial charge in [-0.1, -0.05) is 6.92 Å². The molecule has 0 aliphatic carbocycles. The minimum Gasteiger partial charge on any atom is -0.469 e. The zero-order valence-corrected chi connectivity index (χ0v) is 10.6. The quantitative estimate of drug-likeness (QED) is 0.843. The maximum atomic E-state index is 12.2. The Morgan fingerprint density at radius 1 is 1.50 bits per heavy atom. The van der Waals surface area contributed by atoms with Crippen LogP contribution in [0.3, 0.4) is 0 Å². The fourth-order valence-electron chi connectivity index (χ4n) is 2.21. The average Bonchev–Trinajstić information content (AvgIpc) is 2.88. The van der Waals surface area contributed by atoms with Gasteiger partial charge in [0.15, 0.2) is 0 Å². The van der Waals surface area contributed by atoms with E-state index >= 15 is 0 Å². The Bertz CT molecular complexity index is 407. The Morgan fingerprint density at radius 2 is 2.22 bits per heavy atom. The fraction of sp³-hybridized carbons (Fsp3) is 0.615. The largest absolute Gasteiger partial charge is 0.469 e. The van der Waals surface area contributed by atoms with Crippen LogP contribution in [0.4, 0.5) is 0 Å². The van der Waals surface area contributed by atoms with E-state index < -0.39 is 5.54 Å². The number of aryl methyl sites for hydroxylation is 1. The van der Waals surface area contributed by atoms with E-state index in [9.17, 15) is 9.90 Å². The molecular weight excluding hydrogens is 234 g/mol. The lowest BCUT2D eigenvalue weighted by atomic mass is 9.90. The van der Waals surface area contributed by atoms with Crippen LogP contribution in [0.25, 0.3) is 0 Å². The SMILES string of the molecule is CCc1occc1C(=O)NC1(CO)CCOCC1. The zero-order valence-electron chi connectivity index (χ0n) is 10.6. The minimum absolute atomic E-state index is 0.0680. The highest BCUT2D eigenvalue weighted by molar-refractivity contribution is 5.95. The van der Waals surface area contributed by atoms with E-state index in [4.69, 9.17) is 9.15 Å². The van der Waals surface area contributed by atoms with Crippen molar-refractivity contribution in [2.24, 2.45) is 0 Å². The molecule has 1 aliphatic heterocycles. The topological polar surface area (TPSA) is 71.7 Å². The lowest BCUT2D eigenvalue weighted by Gasteiger charge is -2.36. The lowest BCUT2D eigenvalue weighted by Crippen LogP contribution is -2.54. The Hall–Kier alpha value is -1.33. The van der Waals surface area contributed by atoms with Gasteiger partial charge < -0.3 is 19.6 Å². The van der Waals surface area contributed by atoms with Gasteiger partial charge >= 0.3 is 0 Å². The molecule has 2 heterocycles. The molecule has 0 atom stereocenters. The molecule has 2 N–H and O–H groups in total. The van der Waals surface area contributed by atoms with Crippen molar-refractivity contribution >= 4 is 5.91 Å². The van der Waals surface area contributed by atoms with Crippen LogP contribution in [0.2, 0.25) is 0 Å². The third-order valence-corrected chi connectivity index (χ3v) is 3.44. The van der Waals surface area contributed by atoms with Crippen LogP contribution in [0, 0.1) is 0 Å². The standard InChI is InChI=1S/C13H19NO4/c1-2-11-10(3-6-18-11)12(16)14-13(9-15)4-7-17-8-5-13/h3,6,15H,2,4-5,7-9H2,1H3,(H,14,16). The summed E-state index contributed by atoms with van der Waals surface area (Å²) in [6.45, 7) is 2.99. The van der Waals surface area contributed by atoms with E-state index in [0.29, 0.717) is 43.8 Å². The molecule has 18 heavy (non-hydrogen) atoms. The van der Waals surface area contributed by atoms with Crippen molar-refractivity contribution in [1.29, 1.82) is 0 Å². The van der Waals surface area contributed by atoms with Crippen LogP contribution in [0.1, 0.15) is 35.9 Å². The summed E-state index contributed by atoms with van der Waals surface area (Å²) >= 11 is 0. The number of aliphatic hydroxyl groups excluding tert-OH is 1. The maximum Gasteiger partial charge on any atom is 0.255 e. The summed E-state index contributed by atoms with van der Waals surface area (Å²) in [6, 6.07) is 1.67. The van der Waals surface area contributed by atoms with Gasteiger partial charge in [-0.25, -0.2) is 0 Å². The third-order valence-electron chi connectivity index (χ3n) is 3.44. The Labute approximate surface area is 106 Å². The molecule has 5 nitrogen and oxygen atoms in total. The molecule has 1 amide bonds. The number of aliphatic hydroxyl groups is 1. The molecule has 0 aromatic carbocycles. The highest BCUT2D eigenvalue weighted by atomic mass is 16.5. The van der Waals surface area contributed by atoms with E-state index in [1.165, 1.54) is 6.26 Å². The van der Waals surface area contributed by atoms with Gasteiger partial charge in [-0.2, -0.15) is 0 Å². The molecule has 1 aromatic heterocycles. The van der Waals surface area contributed by atoms with Crippen LogP contribution >= 0.6 is 0 Å². The average molecular weight is 253 g/mol. The number of rotatable bonds is 4. The van der Waals surface area contributed by atoms with E-state index in [-0.39, 0.29) is 12.5 Å². The van der Waals surface area contributed by atoms with Gasteiger partial charge in [-0.05, 0) is 18.9 Å². The molecular formula is C13H19NO4. The predicted octanol–water partition coefficient (Wildman–Crippen LogP) is 1.11. The summed E-state index contributed by atoms with van der Waals surface area (Å²) in [5.41, 5.74) is -0.00531. The van der Waals surface area contributed by atoms with Crippen LogP contribution in [-0.4, -0.2) is 36.4 Å². The number of amides is 1. The number of hydrogen-bond acceptors (Lipinski definition) is 4. The smallest absolute Gasteiger partial charge is 0.255 e. The summed E-state index contributed by atoms with van der Waals surface area (Å²) in [6.07, 6.45) is 3.46. The van der Waals surface area contributed by atoms with Crippen LogP contribution in [-0.2, 0) is 11.2 Å². The van der Waals surface area contributed by atoms with E-state index in [2.05, 4.69) is 5.32 Å². The van der Waals surface area contributed by atoms with Gasteiger partial charge in [0.1, 0.15) is 5.76 Å². The van der Waals surface area contributed by atoms with E-state index in [1.54, 1.807) is 6.07 Å². The highest BCUT2D eigenvalue weighted by Gasteiger charge is 2.34. The first-order chi connectivity index (χ1) is 8.71. The first kappa shape index (κ1) is 13.1. The lowest BCUT2D eigenvalue weighted by molar-refractivity contribution is 0.0125. The van der Waals surface area contributed by atoms with Crippen molar-refractivity contribution in [2.75, 3.05) is 19.8 Å². The molecule has 1 aliphatic rings. The van der Waals surface area contributed by atoms with Crippen LogP contribution in [0.5, 0.6) is 0 Å². The second-order valence-electron chi connectivity index (χ2n) is 4.62. The molecule has 1 aromatic rings. The molecule has 0 bridgehead atoms. The molecule has 5 heteroatoms. The Morgan fingerprint density at radius 3 is 2.83 bits per heavy atom. The van der Waals surface area contributed by atoms with Gasteiger partial charge in [-0.3, -0.25) is 4.79 Å². The van der Waals surface area contributed by atoms with Crippen molar-refractivity contribution < 1.29 is 19.1 Å². The molecule has 0 spiro atoms. The van der Waals surface area contributed by atoms with E-state index in [1.807, 2.05) is 6.92 Å². The van der Waals surface area contributed by atoms with Crippen molar-refractivity contribution in [3.05, 3.63) is 23.7 Å². The molecule has 100 valence electrons. The first-order valence-electron chi connectivity index (χ1n) is 6.28. The van der Waals surface area contributed by atoms with E-state index in [0.717, 1.165) is 0 Å². The van der Waals surface area contributed by atoms with Crippen LogP contribution in [0.15, 0.2) is 16.7 Å². The molecule has 1 saturated heterocycles. The summed E-state index contributed by atoms with van der Waals surface area (Å²) in [7, 11) is 0. The monoisotopic (exact) mass is 253 g/mol. The number of carbonyl (C=O) groups is 1. The van der Waals surface area contributed by atoms with Crippen molar-refractivity contribution in [2.45, 2.75) is 31.7 Å². The van der Waals surface area contributed by atoms with Gasteiger partial charge in [0, 0.05) is 19.6 Å². The highest BCUT2D eigenvalue weighted by Crippen LogP contribution is 2.21. The molecule has 0 unspecified atom stereocenters. The number of furan rings is 1. The summed E-state index contributed by atoms with van der Waals surface area (Å²) in [4.78, 5) is 12.2. The fourth-order valence-corrected chi connectivity index (χ4v) is 2.21. The van der Waals surface area contributed by atoms with Crippen molar-refractivity contribution in [1.82, 2.24) is 5.32 Å². The third kappa shape index (κ3) is 2.57. The number of ether oxygens (including phenoxy) is 1. The predicted molar refractivity (Wildman–Crippen MR) is 65.4 cm³/mol. The number of carbonyl (C=O) groups excluding carboxylic acids is 1. The second-order valence-corrected chi connectivity index (χ2v) is 4.62. The summed E-state index contributed by atoms with van der Waals surface area (Å²) in [5, 5.41) is 12.5.